The molecule has 1 aliphatic heterocycles. The quantitative estimate of drug-likeness (QED) is 0.825. The summed E-state index contributed by atoms with van der Waals surface area (Å²) in [6.07, 6.45) is 0. The fourth-order valence-electron chi connectivity index (χ4n) is 2.05. The number of benzene rings is 1. The maximum Gasteiger partial charge on any atom is 0.231 e. The minimum atomic E-state index is -0.111. The van der Waals surface area contributed by atoms with Crippen molar-refractivity contribution < 1.29 is 9.53 Å². The molecule has 0 spiro atoms. The van der Waals surface area contributed by atoms with Crippen molar-refractivity contribution in [1.82, 2.24) is 5.32 Å². The summed E-state index contributed by atoms with van der Waals surface area (Å²) < 4.78 is 5.32. The second-order valence-corrected chi connectivity index (χ2v) is 4.40. The molecule has 4 heteroatoms. The highest BCUT2D eigenvalue weighted by Crippen LogP contribution is 2.17. The Balaban J connectivity index is 2.01. The number of carbonyl (C=O) groups excluding carboxylic acids is 1. The van der Waals surface area contributed by atoms with Gasteiger partial charge in [-0.3, -0.25) is 4.79 Å². The average Bonchev–Trinajstić information content (AvgIpc) is 2.77. The minimum Gasteiger partial charge on any atom is -0.379 e. The molecule has 1 amide bonds. The van der Waals surface area contributed by atoms with Crippen molar-refractivity contribution in [2.24, 2.45) is 5.92 Å². The van der Waals surface area contributed by atoms with Crippen molar-refractivity contribution in [2.75, 3.05) is 25.6 Å². The summed E-state index contributed by atoms with van der Waals surface area (Å²) in [5.41, 5.74) is 1.98. The largest absolute Gasteiger partial charge is 0.379 e. The van der Waals surface area contributed by atoms with Crippen LogP contribution >= 0.6 is 0 Å². The first kappa shape index (κ1) is 12.1. The number of ether oxygens (including phenoxy) is 1. The fraction of sp³-hybridized carbons (Fsp3) is 0.462. The Kier molecular flexibility index (Phi) is 3.76. The molecule has 1 aliphatic rings. The summed E-state index contributed by atoms with van der Waals surface area (Å²) in [5, 5.41) is 6.04. The number of aryl methyl sites for hydroxylation is 1. The highest BCUT2D eigenvalue weighted by atomic mass is 16.5. The van der Waals surface area contributed by atoms with E-state index < -0.39 is 0 Å². The molecule has 0 saturated carbocycles. The Morgan fingerprint density at radius 2 is 2.24 bits per heavy atom. The second kappa shape index (κ2) is 5.29. The van der Waals surface area contributed by atoms with Crippen LogP contribution < -0.4 is 10.6 Å². The molecule has 0 aromatic heterocycles. The van der Waals surface area contributed by atoms with Crippen LogP contribution in [0, 0.1) is 12.8 Å². The van der Waals surface area contributed by atoms with E-state index in [1.165, 1.54) is 0 Å². The lowest BCUT2D eigenvalue weighted by molar-refractivity contribution is -0.120. The Hall–Kier alpha value is -1.39. The zero-order chi connectivity index (χ0) is 12.3. The Morgan fingerprint density at radius 3 is 2.94 bits per heavy atom. The molecule has 0 bridgehead atoms. The molecule has 17 heavy (non-hydrogen) atoms. The maximum absolute atomic E-state index is 12.1. The molecule has 2 atom stereocenters. The van der Waals surface area contributed by atoms with E-state index in [1.807, 2.05) is 38.2 Å². The smallest absolute Gasteiger partial charge is 0.231 e. The lowest BCUT2D eigenvalue weighted by atomic mass is 10.0. The van der Waals surface area contributed by atoms with Crippen molar-refractivity contribution in [1.29, 1.82) is 0 Å². The third-order valence-electron chi connectivity index (χ3n) is 3.07. The van der Waals surface area contributed by atoms with Gasteiger partial charge in [-0.15, -0.1) is 0 Å². The normalized spacial score (nSPS) is 23.6. The standard InChI is InChI=1S/C13H18N2O2/c1-9-4-3-5-10(6-9)15-13(16)11-7-17-8-12(11)14-2/h3-6,11-12,14H,7-8H2,1-2H3,(H,15,16). The molecule has 1 aromatic carbocycles. The third-order valence-corrected chi connectivity index (χ3v) is 3.07. The molecular weight excluding hydrogens is 216 g/mol. The van der Waals surface area contributed by atoms with Crippen molar-refractivity contribution in [2.45, 2.75) is 13.0 Å². The number of hydrogen-bond acceptors (Lipinski definition) is 3. The van der Waals surface area contributed by atoms with Crippen molar-refractivity contribution in [3.8, 4) is 0 Å². The predicted octanol–water partition coefficient (Wildman–Crippen LogP) is 1.17. The highest BCUT2D eigenvalue weighted by molar-refractivity contribution is 5.93. The molecule has 1 heterocycles. The number of hydrogen-bond donors (Lipinski definition) is 2. The van der Waals surface area contributed by atoms with Gasteiger partial charge in [-0.2, -0.15) is 0 Å². The first-order valence-corrected chi connectivity index (χ1v) is 5.83. The number of likely N-dealkylation sites (N-methyl/N-ethyl adjacent to an activating group) is 1. The molecule has 1 fully saturated rings. The van der Waals surface area contributed by atoms with Gasteiger partial charge in [0.1, 0.15) is 0 Å². The molecule has 1 aromatic rings. The SMILES string of the molecule is CNC1COCC1C(=O)Nc1cccc(C)c1. The Morgan fingerprint density at radius 1 is 1.41 bits per heavy atom. The summed E-state index contributed by atoms with van der Waals surface area (Å²) >= 11 is 0. The van der Waals surface area contributed by atoms with Gasteiger partial charge in [-0.1, -0.05) is 12.1 Å². The molecule has 4 nitrogen and oxygen atoms in total. The van der Waals surface area contributed by atoms with E-state index in [0.29, 0.717) is 13.2 Å². The summed E-state index contributed by atoms with van der Waals surface area (Å²) in [6.45, 7) is 3.09. The molecule has 2 N–H and O–H groups in total. The number of carbonyl (C=O) groups is 1. The van der Waals surface area contributed by atoms with E-state index in [0.717, 1.165) is 11.3 Å². The lowest BCUT2D eigenvalue weighted by Gasteiger charge is -2.16. The van der Waals surface area contributed by atoms with Gasteiger partial charge in [0, 0.05) is 11.7 Å². The Labute approximate surface area is 101 Å². The molecule has 2 rings (SSSR count). The highest BCUT2D eigenvalue weighted by Gasteiger charge is 2.32. The van der Waals surface area contributed by atoms with E-state index >= 15 is 0 Å². The fourth-order valence-corrected chi connectivity index (χ4v) is 2.05. The average molecular weight is 234 g/mol. The monoisotopic (exact) mass is 234 g/mol. The van der Waals surface area contributed by atoms with Crippen molar-refractivity contribution in [3.63, 3.8) is 0 Å². The van der Waals surface area contributed by atoms with Crippen molar-refractivity contribution in [3.05, 3.63) is 29.8 Å². The van der Waals surface area contributed by atoms with Crippen LogP contribution in [0.1, 0.15) is 5.56 Å². The van der Waals surface area contributed by atoms with E-state index in [2.05, 4.69) is 10.6 Å². The molecule has 92 valence electrons. The van der Waals surface area contributed by atoms with E-state index in [9.17, 15) is 4.79 Å². The number of amides is 1. The van der Waals surface area contributed by atoms with Crippen molar-refractivity contribution >= 4 is 11.6 Å². The van der Waals surface area contributed by atoms with E-state index in [1.54, 1.807) is 0 Å². The van der Waals surface area contributed by atoms with Gasteiger partial charge in [-0.25, -0.2) is 0 Å². The van der Waals surface area contributed by atoms with Gasteiger partial charge in [0.25, 0.3) is 0 Å². The first-order chi connectivity index (χ1) is 8.20. The van der Waals surface area contributed by atoms with Gasteiger partial charge in [0.05, 0.1) is 19.1 Å². The maximum atomic E-state index is 12.1. The van der Waals surface area contributed by atoms with Crippen LogP contribution in [0.3, 0.4) is 0 Å². The van der Waals surface area contributed by atoms with Gasteiger partial charge < -0.3 is 15.4 Å². The summed E-state index contributed by atoms with van der Waals surface area (Å²) in [6, 6.07) is 7.91. The summed E-state index contributed by atoms with van der Waals surface area (Å²) in [5.74, 6) is -0.0898. The van der Waals surface area contributed by atoms with E-state index in [-0.39, 0.29) is 17.9 Å². The lowest BCUT2D eigenvalue weighted by Crippen LogP contribution is -2.39. The summed E-state index contributed by atoms with van der Waals surface area (Å²) in [4.78, 5) is 12.1. The van der Waals surface area contributed by atoms with E-state index in [4.69, 9.17) is 4.74 Å². The topological polar surface area (TPSA) is 50.4 Å². The molecule has 0 radical (unpaired) electrons. The van der Waals surface area contributed by atoms with Gasteiger partial charge in [0.2, 0.25) is 5.91 Å². The molecule has 1 saturated heterocycles. The third kappa shape index (κ3) is 2.84. The molecule has 2 unspecified atom stereocenters. The van der Waals surface area contributed by atoms with Crippen LogP contribution in [0.15, 0.2) is 24.3 Å². The van der Waals surface area contributed by atoms with Crippen LogP contribution in [-0.4, -0.2) is 32.2 Å². The van der Waals surface area contributed by atoms with Crippen LogP contribution in [0.25, 0.3) is 0 Å². The second-order valence-electron chi connectivity index (χ2n) is 4.40. The zero-order valence-corrected chi connectivity index (χ0v) is 10.2. The Bertz CT molecular complexity index is 406. The first-order valence-electron chi connectivity index (χ1n) is 5.83. The van der Waals surface area contributed by atoms with Crippen LogP contribution in [0.5, 0.6) is 0 Å². The predicted molar refractivity (Wildman–Crippen MR) is 67.0 cm³/mol. The van der Waals surface area contributed by atoms with Gasteiger partial charge in [0.15, 0.2) is 0 Å². The number of anilines is 1. The molecule has 0 aliphatic carbocycles. The van der Waals surface area contributed by atoms with Crippen LogP contribution in [-0.2, 0) is 9.53 Å². The number of nitrogens with one attached hydrogen (secondary N) is 2. The van der Waals surface area contributed by atoms with Crippen LogP contribution in [0.4, 0.5) is 5.69 Å². The van der Waals surface area contributed by atoms with Crippen LogP contribution in [0.2, 0.25) is 0 Å². The minimum absolute atomic E-state index is 0.0208. The van der Waals surface area contributed by atoms with Gasteiger partial charge >= 0.3 is 0 Å². The zero-order valence-electron chi connectivity index (χ0n) is 10.2. The van der Waals surface area contributed by atoms with Gasteiger partial charge in [-0.05, 0) is 31.7 Å². The number of rotatable bonds is 3. The summed E-state index contributed by atoms with van der Waals surface area (Å²) in [7, 11) is 1.85. The molecular formula is C13H18N2O2.